The molecule has 0 fully saturated rings. The summed E-state index contributed by atoms with van der Waals surface area (Å²) in [6.07, 6.45) is 4.96. The topological polar surface area (TPSA) is 88.6 Å². The molecule has 1 amide bonds. The Morgan fingerprint density at radius 2 is 1.97 bits per heavy atom. The maximum absolute atomic E-state index is 13.4. The van der Waals surface area contributed by atoms with Crippen molar-refractivity contribution in [2.45, 2.75) is 39.8 Å². The first kappa shape index (κ1) is 21.4. The fraction of sp³-hybridized carbons (Fsp3) is 0.318. The molecule has 158 valence electrons. The molecule has 0 radical (unpaired) electrons. The molecule has 2 aromatic heterocycles. The number of nitrogens with one attached hydrogen (secondary N) is 1. The minimum atomic E-state index is -0.641. The second kappa shape index (κ2) is 9.04. The maximum atomic E-state index is 13.4. The summed E-state index contributed by atoms with van der Waals surface area (Å²) < 4.78 is 16.4. The average Bonchev–Trinajstić information content (AvgIpc) is 3.16. The molecule has 1 atom stereocenters. The van der Waals surface area contributed by atoms with Crippen LogP contribution >= 0.6 is 0 Å². The van der Waals surface area contributed by atoms with Crippen LogP contribution in [0.1, 0.15) is 37.7 Å². The minimum Gasteiger partial charge on any atom is -0.391 e. The number of allylic oxidation sites excluding steroid dienone is 2. The van der Waals surface area contributed by atoms with Crippen molar-refractivity contribution in [3.8, 4) is 11.3 Å². The van der Waals surface area contributed by atoms with Crippen LogP contribution in [0.4, 0.5) is 4.39 Å². The normalized spacial score (nSPS) is 12.0. The van der Waals surface area contributed by atoms with Crippen molar-refractivity contribution in [3.63, 3.8) is 0 Å². The predicted molar refractivity (Wildman–Crippen MR) is 113 cm³/mol. The molecule has 0 aliphatic carbocycles. The lowest BCUT2D eigenvalue weighted by atomic mass is 10.1. The summed E-state index contributed by atoms with van der Waals surface area (Å²) in [5.41, 5.74) is 2.13. The monoisotopic (exact) mass is 412 g/mol. The Labute approximate surface area is 173 Å². The van der Waals surface area contributed by atoms with Gasteiger partial charge in [0.2, 0.25) is 5.65 Å². The number of carbonyl (C=O) groups is 1. The van der Waals surface area contributed by atoms with Gasteiger partial charge in [-0.15, -0.1) is 0 Å². The summed E-state index contributed by atoms with van der Waals surface area (Å²) in [6.45, 7) is 6.11. The van der Waals surface area contributed by atoms with Crippen LogP contribution in [-0.2, 0) is 6.54 Å². The summed E-state index contributed by atoms with van der Waals surface area (Å²) in [4.78, 5) is 29.7. The van der Waals surface area contributed by atoms with Gasteiger partial charge >= 0.3 is 0 Å². The number of amides is 1. The third kappa shape index (κ3) is 4.65. The number of aliphatic hydroxyl groups is 1. The first-order valence-corrected chi connectivity index (χ1v) is 9.78. The Morgan fingerprint density at radius 1 is 1.27 bits per heavy atom. The van der Waals surface area contributed by atoms with E-state index in [9.17, 15) is 19.1 Å². The van der Waals surface area contributed by atoms with Crippen LogP contribution in [0.3, 0.4) is 0 Å². The molecule has 2 N–H and O–H groups in total. The summed E-state index contributed by atoms with van der Waals surface area (Å²) in [7, 11) is 0. The van der Waals surface area contributed by atoms with Crippen LogP contribution in [0, 0.1) is 5.82 Å². The quantitative estimate of drug-likeness (QED) is 0.584. The number of aromatic nitrogens is 3. The number of nitrogens with zero attached hydrogens (tertiary/aromatic N) is 3. The highest BCUT2D eigenvalue weighted by Gasteiger charge is 2.17. The Hall–Kier alpha value is -3.26. The van der Waals surface area contributed by atoms with Gasteiger partial charge in [-0.05, 0) is 50.1 Å². The fourth-order valence-corrected chi connectivity index (χ4v) is 2.94. The lowest BCUT2D eigenvalue weighted by Crippen LogP contribution is -2.31. The lowest BCUT2D eigenvalue weighted by Gasteiger charge is -2.12. The smallest absolute Gasteiger partial charge is 0.295 e. The van der Waals surface area contributed by atoms with Gasteiger partial charge in [0.15, 0.2) is 0 Å². The highest BCUT2D eigenvalue weighted by atomic mass is 19.1. The molecule has 1 aromatic carbocycles. The third-order valence-corrected chi connectivity index (χ3v) is 4.75. The highest BCUT2D eigenvalue weighted by molar-refractivity contribution is 5.92. The van der Waals surface area contributed by atoms with Gasteiger partial charge in [-0.25, -0.2) is 9.37 Å². The number of rotatable bonds is 7. The largest absolute Gasteiger partial charge is 0.391 e. The molecule has 0 saturated carbocycles. The van der Waals surface area contributed by atoms with Crippen molar-refractivity contribution >= 4 is 11.6 Å². The first-order valence-electron chi connectivity index (χ1n) is 9.78. The summed E-state index contributed by atoms with van der Waals surface area (Å²) in [5.74, 6) is -0.835. The number of imidazole rings is 1. The van der Waals surface area contributed by atoms with Crippen LogP contribution in [0.2, 0.25) is 0 Å². The van der Waals surface area contributed by atoms with Crippen LogP contribution in [0.25, 0.3) is 16.9 Å². The fourth-order valence-electron chi connectivity index (χ4n) is 2.94. The minimum absolute atomic E-state index is 0.0837. The molecule has 0 aliphatic rings. The van der Waals surface area contributed by atoms with Gasteiger partial charge in [0.25, 0.3) is 11.5 Å². The Balaban J connectivity index is 2.09. The Morgan fingerprint density at radius 3 is 2.60 bits per heavy atom. The lowest BCUT2D eigenvalue weighted by molar-refractivity contribution is 0.0909. The van der Waals surface area contributed by atoms with E-state index < -0.39 is 12.0 Å². The molecule has 0 saturated heterocycles. The van der Waals surface area contributed by atoms with Gasteiger partial charge in [-0.2, -0.15) is 0 Å². The molecule has 0 spiro atoms. The van der Waals surface area contributed by atoms with Crippen LogP contribution in [0.15, 0.2) is 53.1 Å². The van der Waals surface area contributed by atoms with Crippen LogP contribution < -0.4 is 10.9 Å². The van der Waals surface area contributed by atoms with Crippen LogP contribution in [0.5, 0.6) is 0 Å². The average molecular weight is 412 g/mol. The number of aliphatic hydroxyl groups excluding tert-OH is 1. The van der Waals surface area contributed by atoms with Crippen molar-refractivity contribution in [3.05, 3.63) is 70.2 Å². The van der Waals surface area contributed by atoms with E-state index in [-0.39, 0.29) is 29.3 Å². The molecular weight excluding hydrogens is 387 g/mol. The number of hydrogen-bond acceptors (Lipinski definition) is 4. The second-order valence-corrected chi connectivity index (χ2v) is 7.35. The highest BCUT2D eigenvalue weighted by Crippen LogP contribution is 2.20. The number of carbonyl (C=O) groups excluding carboxylic acids is 1. The molecule has 0 bridgehead atoms. The third-order valence-electron chi connectivity index (χ3n) is 4.75. The van der Waals surface area contributed by atoms with E-state index in [0.29, 0.717) is 24.2 Å². The molecule has 3 rings (SSSR count). The standard InChI is InChI=1S/C22H25FN4O3/c1-4-17(28)11-24-21(29)18-12-26-13-19(15-5-7-16(23)8-6-15)27(10-9-14(2)3)22(30)20(26)25-18/h5-9,12-13,17,28H,4,10-11H2,1-3H3,(H,24,29)/t17-/m1/s1. The van der Waals surface area contributed by atoms with Crippen molar-refractivity contribution in [2.24, 2.45) is 0 Å². The Bertz CT molecular complexity index is 1140. The summed E-state index contributed by atoms with van der Waals surface area (Å²) >= 11 is 0. The molecule has 0 unspecified atom stereocenters. The molecule has 3 aromatic rings. The molecule has 7 nitrogen and oxygen atoms in total. The Kier molecular flexibility index (Phi) is 6.47. The van der Waals surface area contributed by atoms with E-state index in [1.54, 1.807) is 22.9 Å². The summed E-state index contributed by atoms with van der Waals surface area (Å²) in [6, 6.07) is 5.87. The molecule has 30 heavy (non-hydrogen) atoms. The molecule has 8 heteroatoms. The zero-order valence-electron chi connectivity index (χ0n) is 17.2. The van der Waals surface area contributed by atoms with Gasteiger partial charge in [0.05, 0.1) is 11.8 Å². The van der Waals surface area contributed by atoms with Crippen molar-refractivity contribution in [2.75, 3.05) is 6.54 Å². The van der Waals surface area contributed by atoms with Crippen LogP contribution in [-0.4, -0.2) is 37.6 Å². The zero-order chi connectivity index (χ0) is 21.8. The van der Waals surface area contributed by atoms with Gasteiger partial charge in [0, 0.05) is 25.5 Å². The van der Waals surface area contributed by atoms with Crippen molar-refractivity contribution < 1.29 is 14.3 Å². The van der Waals surface area contributed by atoms with Crippen molar-refractivity contribution in [1.82, 2.24) is 19.3 Å². The van der Waals surface area contributed by atoms with Gasteiger partial charge in [-0.3, -0.25) is 18.6 Å². The van der Waals surface area contributed by atoms with E-state index in [1.165, 1.54) is 22.7 Å². The van der Waals surface area contributed by atoms with E-state index in [1.807, 2.05) is 26.8 Å². The predicted octanol–water partition coefficient (Wildman–Crippen LogP) is 2.77. The number of fused-ring (bicyclic) bond motifs is 1. The second-order valence-electron chi connectivity index (χ2n) is 7.35. The van der Waals surface area contributed by atoms with E-state index in [0.717, 1.165) is 5.57 Å². The van der Waals surface area contributed by atoms with Gasteiger partial charge in [-0.1, -0.05) is 18.6 Å². The number of hydrogen-bond donors (Lipinski definition) is 2. The summed E-state index contributed by atoms with van der Waals surface area (Å²) in [5, 5.41) is 12.2. The molecular formula is C22H25FN4O3. The van der Waals surface area contributed by atoms with E-state index in [4.69, 9.17) is 0 Å². The van der Waals surface area contributed by atoms with Gasteiger partial charge in [0.1, 0.15) is 11.5 Å². The van der Waals surface area contributed by atoms with Crippen molar-refractivity contribution in [1.29, 1.82) is 0 Å². The maximum Gasteiger partial charge on any atom is 0.295 e. The molecule has 0 aliphatic heterocycles. The van der Waals surface area contributed by atoms with E-state index in [2.05, 4.69) is 10.3 Å². The van der Waals surface area contributed by atoms with E-state index >= 15 is 0 Å². The SMILES string of the molecule is CC[C@@H](O)CNC(=O)c1cn2cc(-c3ccc(F)cc3)n(CC=C(C)C)c(=O)c2n1. The number of halogens is 1. The zero-order valence-corrected chi connectivity index (χ0v) is 17.2. The molecule has 2 heterocycles. The first-order chi connectivity index (χ1) is 14.3. The van der Waals surface area contributed by atoms with Gasteiger partial charge < -0.3 is 10.4 Å². The number of benzene rings is 1.